The highest BCUT2D eigenvalue weighted by Gasteiger charge is 2.47. The maximum absolute atomic E-state index is 15.2. The third-order valence-corrected chi connectivity index (χ3v) is 5.39. The van der Waals surface area contributed by atoms with E-state index in [9.17, 15) is 0 Å². The number of hydrogen-bond acceptors (Lipinski definition) is 5. The number of benzene rings is 3. The Balaban J connectivity index is 1.62. The van der Waals surface area contributed by atoms with Gasteiger partial charge in [0.15, 0.2) is 0 Å². The summed E-state index contributed by atoms with van der Waals surface area (Å²) in [5.41, 5.74) is 10.7. The zero-order valence-electron chi connectivity index (χ0n) is 21.8. The van der Waals surface area contributed by atoms with Crippen LogP contribution in [0.4, 0.5) is 4.39 Å². The Labute approximate surface area is 208 Å². The Morgan fingerprint density at radius 2 is 1.29 bits per heavy atom. The van der Waals surface area contributed by atoms with Gasteiger partial charge in [-0.05, 0) is 22.2 Å². The molecule has 8 atom stereocenters. The summed E-state index contributed by atoms with van der Waals surface area (Å²) in [6.07, 6.45) is -5.67. The van der Waals surface area contributed by atoms with Crippen molar-refractivity contribution >= 4 is 0 Å². The molecule has 0 spiro atoms. The average molecular weight is 481 g/mol. The van der Waals surface area contributed by atoms with Gasteiger partial charge in [-0.15, -0.1) is 0 Å². The molecule has 0 radical (unpaired) electrons. The molecule has 3 aromatic carbocycles. The quantitative estimate of drug-likeness (QED) is 0.199. The van der Waals surface area contributed by atoms with Crippen molar-refractivity contribution in [1.29, 1.82) is 0 Å². The van der Waals surface area contributed by atoms with Crippen LogP contribution in [0.1, 0.15) is 20.8 Å². The Morgan fingerprint density at radius 3 is 1.80 bits per heavy atom. The van der Waals surface area contributed by atoms with E-state index in [4.69, 9.17) is 28.6 Å². The first-order chi connectivity index (χ1) is 18.5. The van der Waals surface area contributed by atoms with E-state index in [2.05, 4.69) is 10.0 Å². The fraction of sp³-hybridized carbons (Fsp3) is 0.333. The first-order valence-corrected chi connectivity index (χ1v) is 11.2. The SMILES string of the molecule is [2H]C(OC[C@H]1OC(F)[C@H](N=[N+]=[N-])[C@@H](OC([2H])c2ccccc2)[C@@H]1OC([2H])c1ccccc1)c1ccccc1. The molecule has 0 aromatic heterocycles. The molecule has 7 nitrogen and oxygen atoms in total. The molecule has 0 bridgehead atoms. The standard InChI is InChI=1S/C27H28FN3O4/c28-27-24(30-31-29)26(34-18-22-14-8-3-9-15-22)25(33-17-21-12-6-2-7-13-21)23(35-27)19-32-16-20-10-4-1-5-11-20/h1-15,23-27H,16-19H2/t23-,24-,25-,26-,27?/m1/s1/i16D,17D,18D/t16?,17?,18?,23-,24-,25-,26-,27?. The van der Waals surface area contributed by atoms with Crippen molar-refractivity contribution in [3.05, 3.63) is 118 Å². The van der Waals surface area contributed by atoms with Crippen molar-refractivity contribution in [3.63, 3.8) is 0 Å². The minimum atomic E-state index is -2.09. The second-order valence-electron chi connectivity index (χ2n) is 7.84. The third-order valence-electron chi connectivity index (χ3n) is 5.39. The predicted octanol–water partition coefficient (Wildman–Crippen LogP) is 5.75. The molecule has 4 rings (SSSR count). The van der Waals surface area contributed by atoms with Gasteiger partial charge in [0.25, 0.3) is 0 Å². The van der Waals surface area contributed by atoms with E-state index in [0.717, 1.165) is 0 Å². The lowest BCUT2D eigenvalue weighted by molar-refractivity contribution is -0.253. The topological polar surface area (TPSA) is 85.7 Å². The van der Waals surface area contributed by atoms with Crippen LogP contribution in [-0.4, -0.2) is 37.3 Å². The van der Waals surface area contributed by atoms with E-state index in [0.29, 0.717) is 16.7 Å². The number of hydrogen-bond donors (Lipinski definition) is 0. The molecule has 1 saturated heterocycles. The van der Waals surface area contributed by atoms with E-state index in [1.807, 2.05) is 6.07 Å². The Morgan fingerprint density at radius 1 is 0.800 bits per heavy atom. The van der Waals surface area contributed by atoms with Crippen LogP contribution < -0.4 is 0 Å². The van der Waals surface area contributed by atoms with Gasteiger partial charge in [-0.25, -0.2) is 4.39 Å². The fourth-order valence-electron chi connectivity index (χ4n) is 3.66. The summed E-state index contributed by atoms with van der Waals surface area (Å²) in [6, 6.07) is 24.7. The number of ether oxygens (including phenoxy) is 4. The van der Waals surface area contributed by atoms with Crippen LogP contribution >= 0.6 is 0 Å². The zero-order valence-corrected chi connectivity index (χ0v) is 18.8. The Hall–Kier alpha value is -3.26. The van der Waals surface area contributed by atoms with Gasteiger partial charge in [-0.2, -0.15) is 0 Å². The third kappa shape index (κ3) is 7.11. The Kier molecular flexibility index (Phi) is 7.82. The summed E-state index contributed by atoms with van der Waals surface area (Å²) in [6.45, 7) is -3.83. The molecule has 0 aliphatic carbocycles. The number of nitrogens with zero attached hydrogens (tertiary/aromatic N) is 3. The normalized spacial score (nSPS) is 27.9. The lowest BCUT2D eigenvalue weighted by Gasteiger charge is -2.42. The predicted molar refractivity (Wildman–Crippen MR) is 129 cm³/mol. The van der Waals surface area contributed by atoms with Gasteiger partial charge in [0.1, 0.15) is 24.4 Å². The summed E-state index contributed by atoms with van der Waals surface area (Å²) in [7, 11) is 0. The van der Waals surface area contributed by atoms with Crippen LogP contribution in [0.25, 0.3) is 10.4 Å². The van der Waals surface area contributed by atoms with Crippen molar-refractivity contribution < 1.29 is 27.5 Å². The molecule has 1 aliphatic heterocycles. The van der Waals surface area contributed by atoms with E-state index in [1.54, 1.807) is 84.9 Å². The van der Waals surface area contributed by atoms with Crippen LogP contribution in [0.5, 0.6) is 0 Å². The van der Waals surface area contributed by atoms with Crippen molar-refractivity contribution in [2.45, 2.75) is 50.5 Å². The van der Waals surface area contributed by atoms with Crippen LogP contribution in [0.15, 0.2) is 96.1 Å². The molecule has 4 unspecified atom stereocenters. The van der Waals surface area contributed by atoms with Gasteiger partial charge in [0.2, 0.25) is 6.36 Å². The fourth-order valence-corrected chi connectivity index (χ4v) is 3.66. The highest BCUT2D eigenvalue weighted by atomic mass is 19.1. The maximum atomic E-state index is 15.2. The van der Waals surface area contributed by atoms with Crippen LogP contribution in [0, 0.1) is 0 Å². The molecule has 1 aliphatic rings. The zero-order chi connectivity index (χ0) is 26.9. The summed E-state index contributed by atoms with van der Waals surface area (Å²) in [5, 5.41) is 3.55. The summed E-state index contributed by atoms with van der Waals surface area (Å²) < 4.78 is 63.9. The average Bonchev–Trinajstić information content (AvgIpc) is 2.96. The highest BCUT2D eigenvalue weighted by molar-refractivity contribution is 5.15. The van der Waals surface area contributed by atoms with Gasteiger partial charge < -0.3 is 18.9 Å². The van der Waals surface area contributed by atoms with Crippen molar-refractivity contribution in [1.82, 2.24) is 0 Å². The second-order valence-corrected chi connectivity index (χ2v) is 7.84. The molecule has 3 aromatic rings. The van der Waals surface area contributed by atoms with E-state index in [1.165, 1.54) is 0 Å². The molecular weight excluding hydrogens is 449 g/mol. The Bertz CT molecular complexity index is 1180. The lowest BCUT2D eigenvalue weighted by Crippen LogP contribution is -2.58. The number of rotatable bonds is 11. The summed E-state index contributed by atoms with van der Waals surface area (Å²) in [5.74, 6) is 0. The van der Waals surface area contributed by atoms with Crippen LogP contribution in [0.3, 0.4) is 0 Å². The lowest BCUT2D eigenvalue weighted by atomic mass is 9.97. The molecule has 182 valence electrons. The maximum Gasteiger partial charge on any atom is 0.210 e. The molecule has 35 heavy (non-hydrogen) atoms. The number of halogens is 1. The van der Waals surface area contributed by atoms with E-state index in [-0.39, 0.29) is 6.61 Å². The van der Waals surface area contributed by atoms with E-state index >= 15 is 4.39 Å². The second kappa shape index (κ2) is 13.0. The molecule has 1 fully saturated rings. The summed E-state index contributed by atoms with van der Waals surface area (Å²) in [4.78, 5) is 2.75. The highest BCUT2D eigenvalue weighted by Crippen LogP contribution is 2.31. The van der Waals surface area contributed by atoms with Gasteiger partial charge in [0.05, 0.1) is 30.5 Å². The first kappa shape index (κ1) is 21.1. The van der Waals surface area contributed by atoms with Gasteiger partial charge in [0, 0.05) is 4.91 Å². The van der Waals surface area contributed by atoms with Crippen molar-refractivity contribution in [2.75, 3.05) is 6.61 Å². The molecule has 0 N–H and O–H groups in total. The van der Waals surface area contributed by atoms with Crippen molar-refractivity contribution in [3.8, 4) is 0 Å². The van der Waals surface area contributed by atoms with Gasteiger partial charge in [-0.3, -0.25) is 0 Å². The molecule has 0 amide bonds. The van der Waals surface area contributed by atoms with Gasteiger partial charge in [-0.1, -0.05) is 96.1 Å². The number of alkyl halides is 1. The first-order valence-electron chi connectivity index (χ1n) is 12.9. The minimum absolute atomic E-state index is 0.271. The van der Waals surface area contributed by atoms with E-state index < -0.39 is 50.5 Å². The molecule has 1 heterocycles. The van der Waals surface area contributed by atoms with Crippen LogP contribution in [-0.2, 0) is 38.7 Å². The molecule has 0 saturated carbocycles. The largest absolute Gasteiger partial charge is 0.374 e. The summed E-state index contributed by atoms with van der Waals surface area (Å²) >= 11 is 0. The molecular formula is C27H28FN3O4. The monoisotopic (exact) mass is 480 g/mol. The smallest absolute Gasteiger partial charge is 0.210 e. The molecule has 8 heteroatoms. The van der Waals surface area contributed by atoms with Gasteiger partial charge >= 0.3 is 0 Å². The van der Waals surface area contributed by atoms with Crippen LogP contribution in [0.2, 0.25) is 0 Å². The van der Waals surface area contributed by atoms with Crippen molar-refractivity contribution in [2.24, 2.45) is 5.11 Å². The minimum Gasteiger partial charge on any atom is -0.374 e. The number of azide groups is 1.